The Bertz CT molecular complexity index is 853. The summed E-state index contributed by atoms with van der Waals surface area (Å²) in [5.74, 6) is 0.906. The number of carbonyl (C=O) groups excluding carboxylic acids is 2. The minimum Gasteiger partial charge on any atom is -0.486 e. The first-order valence-electron chi connectivity index (χ1n) is 9.24. The third kappa shape index (κ3) is 3.35. The molecule has 2 aromatic carbocycles. The molecule has 0 spiro atoms. The fourth-order valence-electron chi connectivity index (χ4n) is 3.62. The average Bonchev–Trinajstić information content (AvgIpc) is 3.10. The van der Waals surface area contributed by atoms with Gasteiger partial charge in [0.1, 0.15) is 13.2 Å². The van der Waals surface area contributed by atoms with E-state index in [0.29, 0.717) is 37.8 Å². The lowest BCUT2D eigenvalue weighted by Gasteiger charge is -2.25. The summed E-state index contributed by atoms with van der Waals surface area (Å²) in [6.07, 6.45) is 0.219. The Morgan fingerprint density at radius 3 is 2.59 bits per heavy atom. The number of carbonyl (C=O) groups is 2. The number of nitrogens with zero attached hydrogens (tertiary/aromatic N) is 2. The van der Waals surface area contributed by atoms with Gasteiger partial charge in [0, 0.05) is 37.0 Å². The van der Waals surface area contributed by atoms with Crippen LogP contribution in [-0.2, 0) is 9.59 Å². The van der Waals surface area contributed by atoms with Crippen molar-refractivity contribution in [2.45, 2.75) is 13.3 Å². The minimum absolute atomic E-state index is 0.0166. The molecule has 0 aromatic heterocycles. The molecule has 4 rings (SSSR count). The summed E-state index contributed by atoms with van der Waals surface area (Å²) >= 11 is 0. The van der Waals surface area contributed by atoms with Crippen LogP contribution in [0.4, 0.5) is 11.4 Å². The Labute approximate surface area is 158 Å². The highest BCUT2D eigenvalue weighted by Gasteiger charge is 2.37. The van der Waals surface area contributed by atoms with Crippen LogP contribution >= 0.6 is 0 Å². The van der Waals surface area contributed by atoms with Crippen molar-refractivity contribution in [3.63, 3.8) is 0 Å². The molecule has 1 atom stereocenters. The maximum Gasteiger partial charge on any atom is 0.232 e. The molecule has 0 unspecified atom stereocenters. The van der Waals surface area contributed by atoms with Crippen molar-refractivity contribution in [2.24, 2.45) is 5.92 Å². The third-order valence-electron chi connectivity index (χ3n) is 4.96. The molecule has 2 aliphatic rings. The van der Waals surface area contributed by atoms with Crippen LogP contribution in [0.1, 0.15) is 13.3 Å². The van der Waals surface area contributed by atoms with Gasteiger partial charge in [-0.3, -0.25) is 9.59 Å². The second-order valence-electron chi connectivity index (χ2n) is 6.65. The van der Waals surface area contributed by atoms with Crippen molar-refractivity contribution in [3.8, 4) is 11.5 Å². The van der Waals surface area contributed by atoms with E-state index in [1.807, 2.05) is 55.5 Å². The lowest BCUT2D eigenvalue weighted by Crippen LogP contribution is -2.37. The lowest BCUT2D eigenvalue weighted by atomic mass is 10.1. The van der Waals surface area contributed by atoms with Gasteiger partial charge in [-0.15, -0.1) is 0 Å². The predicted octanol–water partition coefficient (Wildman–Crippen LogP) is 2.86. The first kappa shape index (κ1) is 17.4. The van der Waals surface area contributed by atoms with Crippen LogP contribution < -0.4 is 19.3 Å². The average molecular weight is 366 g/mol. The summed E-state index contributed by atoms with van der Waals surface area (Å²) in [5.41, 5.74) is 1.59. The molecule has 0 aliphatic carbocycles. The first-order valence-corrected chi connectivity index (χ1v) is 9.24. The number of anilines is 2. The smallest absolute Gasteiger partial charge is 0.232 e. The highest BCUT2D eigenvalue weighted by Crippen LogP contribution is 2.36. The Morgan fingerprint density at radius 1 is 1.11 bits per heavy atom. The molecule has 2 heterocycles. The Morgan fingerprint density at radius 2 is 1.85 bits per heavy atom. The van der Waals surface area contributed by atoms with E-state index in [-0.39, 0.29) is 24.2 Å². The predicted molar refractivity (Wildman–Crippen MR) is 102 cm³/mol. The minimum atomic E-state index is -0.356. The molecule has 0 saturated carbocycles. The maximum atomic E-state index is 13.0. The molecule has 27 heavy (non-hydrogen) atoms. The molecule has 0 N–H and O–H groups in total. The Hall–Kier alpha value is -3.02. The topological polar surface area (TPSA) is 59.1 Å². The molecule has 6 nitrogen and oxygen atoms in total. The Balaban J connectivity index is 1.52. The van der Waals surface area contributed by atoms with Crippen molar-refractivity contribution < 1.29 is 19.1 Å². The molecule has 2 aliphatic heterocycles. The molecular formula is C21H22N2O4. The van der Waals surface area contributed by atoms with Crippen LogP contribution in [0.3, 0.4) is 0 Å². The van der Waals surface area contributed by atoms with Crippen LogP contribution in [0.2, 0.25) is 0 Å². The molecule has 0 radical (unpaired) electrons. The molecule has 1 saturated heterocycles. The van der Waals surface area contributed by atoms with Crippen molar-refractivity contribution >= 4 is 23.2 Å². The summed E-state index contributed by atoms with van der Waals surface area (Å²) in [4.78, 5) is 29.0. The van der Waals surface area contributed by atoms with Crippen molar-refractivity contribution in [2.75, 3.05) is 36.1 Å². The fraction of sp³-hybridized carbons (Fsp3) is 0.333. The van der Waals surface area contributed by atoms with E-state index >= 15 is 0 Å². The van der Waals surface area contributed by atoms with Gasteiger partial charge in [-0.05, 0) is 31.2 Å². The highest BCUT2D eigenvalue weighted by atomic mass is 16.6. The molecular weight excluding hydrogens is 344 g/mol. The van der Waals surface area contributed by atoms with Gasteiger partial charge in [-0.2, -0.15) is 0 Å². The van der Waals surface area contributed by atoms with Gasteiger partial charge < -0.3 is 19.3 Å². The van der Waals surface area contributed by atoms with Gasteiger partial charge in [0.2, 0.25) is 11.8 Å². The van der Waals surface area contributed by atoms with E-state index in [9.17, 15) is 9.59 Å². The van der Waals surface area contributed by atoms with Crippen LogP contribution in [-0.4, -0.2) is 38.1 Å². The summed E-state index contributed by atoms with van der Waals surface area (Å²) in [6.45, 7) is 3.91. The summed E-state index contributed by atoms with van der Waals surface area (Å²) in [5, 5.41) is 0. The zero-order valence-corrected chi connectivity index (χ0v) is 15.3. The van der Waals surface area contributed by atoms with Gasteiger partial charge in [0.25, 0.3) is 0 Å². The van der Waals surface area contributed by atoms with E-state index in [0.717, 1.165) is 11.4 Å². The largest absolute Gasteiger partial charge is 0.486 e. The second-order valence-corrected chi connectivity index (χ2v) is 6.65. The number of hydrogen-bond acceptors (Lipinski definition) is 4. The first-order chi connectivity index (χ1) is 13.2. The van der Waals surface area contributed by atoms with E-state index in [2.05, 4.69) is 0 Å². The van der Waals surface area contributed by atoms with Gasteiger partial charge in [-0.1, -0.05) is 18.2 Å². The standard InChI is InChI=1S/C21H22N2O4/c1-2-22(16-6-4-3-5-7-16)21(25)15-12-20(24)23(14-15)17-8-9-18-19(13-17)27-11-10-26-18/h3-9,13,15H,2,10-12,14H2,1H3/t15-/m0/s1. The highest BCUT2D eigenvalue weighted by molar-refractivity contribution is 6.04. The number of ether oxygens (including phenoxy) is 2. The lowest BCUT2D eigenvalue weighted by molar-refractivity contribution is -0.124. The molecule has 2 aromatic rings. The number of hydrogen-bond donors (Lipinski definition) is 0. The monoisotopic (exact) mass is 366 g/mol. The number of para-hydroxylation sites is 1. The SMILES string of the molecule is CCN(C(=O)[C@H]1CC(=O)N(c2ccc3c(c2)OCCO3)C1)c1ccccc1. The van der Waals surface area contributed by atoms with Crippen LogP contribution in [0.25, 0.3) is 0 Å². The van der Waals surface area contributed by atoms with Gasteiger partial charge in [-0.25, -0.2) is 0 Å². The van der Waals surface area contributed by atoms with Crippen molar-refractivity contribution in [3.05, 3.63) is 48.5 Å². The Kier molecular flexibility index (Phi) is 4.71. The number of rotatable bonds is 4. The van der Waals surface area contributed by atoms with Gasteiger partial charge in [0.15, 0.2) is 11.5 Å². The number of fused-ring (bicyclic) bond motifs is 1. The third-order valence-corrected chi connectivity index (χ3v) is 4.96. The van der Waals surface area contributed by atoms with Gasteiger partial charge in [0.05, 0.1) is 5.92 Å². The number of amides is 2. The van der Waals surface area contributed by atoms with Crippen LogP contribution in [0.15, 0.2) is 48.5 Å². The number of benzene rings is 2. The van der Waals surface area contributed by atoms with Gasteiger partial charge >= 0.3 is 0 Å². The quantitative estimate of drug-likeness (QED) is 0.835. The zero-order valence-electron chi connectivity index (χ0n) is 15.3. The van der Waals surface area contributed by atoms with E-state index in [4.69, 9.17) is 9.47 Å². The van der Waals surface area contributed by atoms with E-state index in [1.165, 1.54) is 0 Å². The van der Waals surface area contributed by atoms with Crippen LogP contribution in [0, 0.1) is 5.92 Å². The molecule has 1 fully saturated rings. The normalized spacial score (nSPS) is 18.5. The summed E-state index contributed by atoms with van der Waals surface area (Å²) in [7, 11) is 0. The molecule has 2 amide bonds. The van der Waals surface area contributed by atoms with Crippen molar-refractivity contribution in [1.82, 2.24) is 0 Å². The zero-order chi connectivity index (χ0) is 18.8. The fourth-order valence-corrected chi connectivity index (χ4v) is 3.62. The molecule has 6 heteroatoms. The van der Waals surface area contributed by atoms with Crippen LogP contribution in [0.5, 0.6) is 11.5 Å². The van der Waals surface area contributed by atoms with E-state index < -0.39 is 0 Å². The van der Waals surface area contributed by atoms with E-state index in [1.54, 1.807) is 9.80 Å². The second kappa shape index (κ2) is 7.31. The molecule has 0 bridgehead atoms. The summed E-state index contributed by atoms with van der Waals surface area (Å²) < 4.78 is 11.1. The summed E-state index contributed by atoms with van der Waals surface area (Å²) in [6, 6.07) is 15.0. The van der Waals surface area contributed by atoms with Crippen molar-refractivity contribution in [1.29, 1.82) is 0 Å². The maximum absolute atomic E-state index is 13.0. The molecule has 140 valence electrons.